The zero-order valence-corrected chi connectivity index (χ0v) is 12.7. The van der Waals surface area contributed by atoms with Gasteiger partial charge >= 0.3 is 0 Å². The zero-order valence-electron chi connectivity index (χ0n) is 12.7. The van der Waals surface area contributed by atoms with Gasteiger partial charge < -0.3 is 15.2 Å². The molecule has 0 spiro atoms. The summed E-state index contributed by atoms with van der Waals surface area (Å²) in [7, 11) is 0. The SMILES string of the molecule is CCOc1ccc(CCC(C)(C)CN)cc1OCC. The molecule has 1 aromatic carbocycles. The number of benzene rings is 1. The van der Waals surface area contributed by atoms with Gasteiger partial charge in [-0.2, -0.15) is 0 Å². The van der Waals surface area contributed by atoms with Crippen molar-refractivity contribution in [2.45, 2.75) is 40.5 Å². The Balaban J connectivity index is 2.77. The summed E-state index contributed by atoms with van der Waals surface area (Å²) in [6.45, 7) is 10.4. The quantitative estimate of drug-likeness (QED) is 0.783. The number of hydrogen-bond donors (Lipinski definition) is 1. The number of ether oxygens (including phenoxy) is 2. The summed E-state index contributed by atoms with van der Waals surface area (Å²) in [6, 6.07) is 6.19. The molecule has 3 nitrogen and oxygen atoms in total. The third kappa shape index (κ3) is 5.11. The second kappa shape index (κ2) is 7.39. The van der Waals surface area contributed by atoms with E-state index in [0.717, 1.165) is 24.3 Å². The van der Waals surface area contributed by atoms with E-state index in [1.807, 2.05) is 19.9 Å². The number of nitrogens with two attached hydrogens (primary N) is 1. The molecule has 0 aliphatic carbocycles. The molecule has 0 amide bonds. The molecule has 0 fully saturated rings. The number of hydrogen-bond acceptors (Lipinski definition) is 3. The average Bonchev–Trinajstić information content (AvgIpc) is 2.40. The molecule has 2 N–H and O–H groups in total. The molecule has 1 rings (SSSR count). The van der Waals surface area contributed by atoms with E-state index in [2.05, 4.69) is 26.0 Å². The van der Waals surface area contributed by atoms with Gasteiger partial charge in [-0.3, -0.25) is 0 Å². The summed E-state index contributed by atoms with van der Waals surface area (Å²) in [5.41, 5.74) is 7.22. The van der Waals surface area contributed by atoms with E-state index in [1.54, 1.807) is 0 Å². The van der Waals surface area contributed by atoms with Crippen LogP contribution in [0, 0.1) is 5.41 Å². The standard InChI is InChI=1S/C16H27NO2/c1-5-18-14-8-7-13(11-15(14)19-6-2)9-10-16(3,4)12-17/h7-8,11H,5-6,9-10,12,17H2,1-4H3. The number of aryl methyl sites for hydroxylation is 1. The van der Waals surface area contributed by atoms with Gasteiger partial charge in [0.25, 0.3) is 0 Å². The molecule has 0 aromatic heterocycles. The summed E-state index contributed by atoms with van der Waals surface area (Å²) in [5, 5.41) is 0. The van der Waals surface area contributed by atoms with Crippen LogP contribution < -0.4 is 15.2 Å². The zero-order chi connectivity index (χ0) is 14.3. The topological polar surface area (TPSA) is 44.5 Å². The van der Waals surface area contributed by atoms with Crippen molar-refractivity contribution in [2.24, 2.45) is 11.1 Å². The first-order chi connectivity index (χ1) is 9.02. The van der Waals surface area contributed by atoms with E-state index in [9.17, 15) is 0 Å². The normalized spacial score (nSPS) is 11.4. The Bertz CT molecular complexity index is 388. The van der Waals surface area contributed by atoms with Crippen LogP contribution >= 0.6 is 0 Å². The van der Waals surface area contributed by atoms with Crippen molar-refractivity contribution in [1.29, 1.82) is 0 Å². The first-order valence-corrected chi connectivity index (χ1v) is 7.11. The molecule has 0 aliphatic rings. The van der Waals surface area contributed by atoms with Crippen LogP contribution in [0.25, 0.3) is 0 Å². The second-order valence-corrected chi connectivity index (χ2v) is 5.52. The highest BCUT2D eigenvalue weighted by Crippen LogP contribution is 2.30. The molecule has 3 heteroatoms. The molecule has 0 saturated heterocycles. The summed E-state index contributed by atoms with van der Waals surface area (Å²) in [6.07, 6.45) is 2.08. The summed E-state index contributed by atoms with van der Waals surface area (Å²) in [4.78, 5) is 0. The number of rotatable bonds is 8. The minimum atomic E-state index is 0.185. The van der Waals surface area contributed by atoms with E-state index in [0.29, 0.717) is 19.8 Å². The molecule has 0 heterocycles. The molecule has 1 aromatic rings. The Kier molecular flexibility index (Phi) is 6.16. The smallest absolute Gasteiger partial charge is 0.161 e. The van der Waals surface area contributed by atoms with Crippen LogP contribution in [-0.4, -0.2) is 19.8 Å². The maximum absolute atomic E-state index is 5.77. The van der Waals surface area contributed by atoms with Crippen molar-refractivity contribution >= 4 is 0 Å². The van der Waals surface area contributed by atoms with Crippen molar-refractivity contribution in [1.82, 2.24) is 0 Å². The summed E-state index contributed by atoms with van der Waals surface area (Å²) >= 11 is 0. The Morgan fingerprint density at radius 3 is 2.26 bits per heavy atom. The van der Waals surface area contributed by atoms with E-state index in [-0.39, 0.29) is 5.41 Å². The molecule has 0 aliphatic heterocycles. The lowest BCUT2D eigenvalue weighted by atomic mass is 9.86. The Morgan fingerprint density at radius 2 is 1.68 bits per heavy atom. The predicted octanol–water partition coefficient (Wildman–Crippen LogP) is 3.40. The summed E-state index contributed by atoms with van der Waals surface area (Å²) in [5.74, 6) is 1.67. The molecule has 0 unspecified atom stereocenters. The van der Waals surface area contributed by atoms with E-state index in [4.69, 9.17) is 15.2 Å². The summed E-state index contributed by atoms with van der Waals surface area (Å²) < 4.78 is 11.2. The van der Waals surface area contributed by atoms with Crippen LogP contribution in [0.3, 0.4) is 0 Å². The molecule has 108 valence electrons. The lowest BCUT2D eigenvalue weighted by molar-refractivity contribution is 0.287. The average molecular weight is 265 g/mol. The van der Waals surface area contributed by atoms with Crippen LogP contribution in [0.5, 0.6) is 11.5 Å². The van der Waals surface area contributed by atoms with Gasteiger partial charge in [0.05, 0.1) is 13.2 Å². The highest BCUT2D eigenvalue weighted by atomic mass is 16.5. The lowest BCUT2D eigenvalue weighted by Crippen LogP contribution is -2.24. The highest BCUT2D eigenvalue weighted by molar-refractivity contribution is 5.43. The van der Waals surface area contributed by atoms with Crippen molar-refractivity contribution < 1.29 is 9.47 Å². The molecular weight excluding hydrogens is 238 g/mol. The predicted molar refractivity (Wildman–Crippen MR) is 79.9 cm³/mol. The van der Waals surface area contributed by atoms with Gasteiger partial charge in [0.1, 0.15) is 0 Å². The lowest BCUT2D eigenvalue weighted by Gasteiger charge is -2.22. The fraction of sp³-hybridized carbons (Fsp3) is 0.625. The van der Waals surface area contributed by atoms with Crippen LogP contribution in [-0.2, 0) is 6.42 Å². The van der Waals surface area contributed by atoms with Crippen molar-refractivity contribution in [3.8, 4) is 11.5 Å². The van der Waals surface area contributed by atoms with Gasteiger partial charge in [-0.15, -0.1) is 0 Å². The van der Waals surface area contributed by atoms with Crippen LogP contribution in [0.2, 0.25) is 0 Å². The van der Waals surface area contributed by atoms with Crippen molar-refractivity contribution in [2.75, 3.05) is 19.8 Å². The third-order valence-electron chi connectivity index (χ3n) is 3.25. The van der Waals surface area contributed by atoms with E-state index < -0.39 is 0 Å². The van der Waals surface area contributed by atoms with Gasteiger partial charge in [0.15, 0.2) is 11.5 Å². The first-order valence-electron chi connectivity index (χ1n) is 7.11. The van der Waals surface area contributed by atoms with Gasteiger partial charge in [0, 0.05) is 0 Å². The first kappa shape index (κ1) is 15.8. The minimum absolute atomic E-state index is 0.185. The molecule has 0 saturated carbocycles. The maximum atomic E-state index is 5.77. The van der Waals surface area contributed by atoms with E-state index in [1.165, 1.54) is 5.56 Å². The van der Waals surface area contributed by atoms with E-state index >= 15 is 0 Å². The van der Waals surface area contributed by atoms with Crippen LogP contribution in [0.1, 0.15) is 39.7 Å². The molecule has 0 bridgehead atoms. The molecule has 0 atom stereocenters. The Morgan fingerprint density at radius 1 is 1.05 bits per heavy atom. The van der Waals surface area contributed by atoms with Gasteiger partial charge in [-0.1, -0.05) is 19.9 Å². The fourth-order valence-electron chi connectivity index (χ4n) is 1.84. The molecule has 0 radical (unpaired) electrons. The Labute approximate surface area is 117 Å². The largest absolute Gasteiger partial charge is 0.490 e. The highest BCUT2D eigenvalue weighted by Gasteiger charge is 2.15. The second-order valence-electron chi connectivity index (χ2n) is 5.52. The molecular formula is C16H27NO2. The minimum Gasteiger partial charge on any atom is -0.490 e. The maximum Gasteiger partial charge on any atom is 0.161 e. The van der Waals surface area contributed by atoms with Gasteiger partial charge in [0.2, 0.25) is 0 Å². The van der Waals surface area contributed by atoms with Gasteiger partial charge in [-0.05, 0) is 56.3 Å². The van der Waals surface area contributed by atoms with Crippen LogP contribution in [0.15, 0.2) is 18.2 Å². The Hall–Kier alpha value is -1.22. The van der Waals surface area contributed by atoms with Crippen LogP contribution in [0.4, 0.5) is 0 Å². The van der Waals surface area contributed by atoms with Crippen molar-refractivity contribution in [3.63, 3.8) is 0 Å². The molecule has 19 heavy (non-hydrogen) atoms. The monoisotopic (exact) mass is 265 g/mol. The fourth-order valence-corrected chi connectivity index (χ4v) is 1.84. The third-order valence-corrected chi connectivity index (χ3v) is 3.25. The van der Waals surface area contributed by atoms with Gasteiger partial charge in [-0.25, -0.2) is 0 Å². The van der Waals surface area contributed by atoms with Crippen molar-refractivity contribution in [3.05, 3.63) is 23.8 Å².